The molecule has 3 N–H and O–H groups in total. The molecule has 0 bridgehead atoms. The third kappa shape index (κ3) is 11.0. The van der Waals surface area contributed by atoms with Gasteiger partial charge in [0.25, 0.3) is 5.91 Å². The Balaban J connectivity index is 1.58. The highest BCUT2D eigenvalue weighted by Crippen LogP contribution is 2.29. The molecule has 12 nitrogen and oxygen atoms in total. The van der Waals surface area contributed by atoms with Gasteiger partial charge in [-0.1, -0.05) is 90.1 Å². The van der Waals surface area contributed by atoms with Crippen LogP contribution in [-0.2, 0) is 32.0 Å². The second-order valence-corrected chi connectivity index (χ2v) is 14.8. The standard InChI is InChI=1S/C38H58N6O6/c1-26(2)17-18-33(45)31(21-28-13-8-6-9-14-28)41-35(46)32(23-30-24-39-25-40-30)42(5)37(48)34(22-29-15-10-7-11-16-29)50-38(49)44-20-12-19-43(44)36(47)27(3)4/h7,10-11,15-16,24-28,31-34,45H,6,8-9,12-14,17-23H2,1-5H3,(H,39,40)(H,41,46)/t31-,32-,33-,34-/m0/s1. The highest BCUT2D eigenvalue weighted by molar-refractivity contribution is 5.91. The lowest BCUT2D eigenvalue weighted by molar-refractivity contribution is -0.150. The minimum Gasteiger partial charge on any atom is -0.434 e. The molecular weight excluding hydrogens is 636 g/mol. The third-order valence-corrected chi connectivity index (χ3v) is 10.0. The molecule has 0 radical (unpaired) electrons. The van der Waals surface area contributed by atoms with Crippen LogP contribution in [0, 0.1) is 17.8 Å². The van der Waals surface area contributed by atoms with Gasteiger partial charge in [0.05, 0.1) is 18.5 Å². The van der Waals surface area contributed by atoms with Crippen LogP contribution in [0.1, 0.15) is 96.7 Å². The summed E-state index contributed by atoms with van der Waals surface area (Å²) in [6, 6.07) is 7.80. The van der Waals surface area contributed by atoms with E-state index >= 15 is 0 Å². The Labute approximate surface area is 297 Å². The number of carbonyl (C=O) groups excluding carboxylic acids is 4. The van der Waals surface area contributed by atoms with Gasteiger partial charge in [0.1, 0.15) is 6.04 Å². The van der Waals surface area contributed by atoms with Crippen molar-refractivity contribution >= 4 is 23.8 Å². The van der Waals surface area contributed by atoms with Crippen LogP contribution in [0.4, 0.5) is 4.79 Å². The fourth-order valence-corrected chi connectivity index (χ4v) is 6.99. The summed E-state index contributed by atoms with van der Waals surface area (Å²) in [5.41, 5.74) is 1.43. The lowest BCUT2D eigenvalue weighted by Crippen LogP contribution is -2.56. The summed E-state index contributed by atoms with van der Waals surface area (Å²) in [4.78, 5) is 63.7. The first-order chi connectivity index (χ1) is 23.9. The van der Waals surface area contributed by atoms with E-state index in [1.165, 1.54) is 27.7 Å². The van der Waals surface area contributed by atoms with Gasteiger partial charge in [0.15, 0.2) is 6.10 Å². The van der Waals surface area contributed by atoms with Crippen LogP contribution in [0.15, 0.2) is 42.9 Å². The number of nitrogens with zero attached hydrogens (tertiary/aromatic N) is 4. The van der Waals surface area contributed by atoms with Crippen molar-refractivity contribution in [1.82, 2.24) is 30.2 Å². The molecule has 2 heterocycles. The predicted octanol–water partition coefficient (Wildman–Crippen LogP) is 4.88. The summed E-state index contributed by atoms with van der Waals surface area (Å²) in [6.45, 7) is 8.46. The van der Waals surface area contributed by atoms with Gasteiger partial charge in [0, 0.05) is 50.8 Å². The Bertz CT molecular complexity index is 1360. The Morgan fingerprint density at radius 2 is 1.68 bits per heavy atom. The molecule has 2 aromatic rings. The Morgan fingerprint density at radius 3 is 2.32 bits per heavy atom. The SMILES string of the molecule is CC(C)CC[C@H](O)[C@H](CC1CCCCC1)NC(=O)[C@H](Cc1cnc[nH]1)N(C)C(=O)[C@H](Cc1ccccc1)OC(=O)N1CCCN1C(=O)C(C)C. The lowest BCUT2D eigenvalue weighted by atomic mass is 9.83. The molecule has 1 aliphatic carbocycles. The van der Waals surface area contributed by atoms with Crippen molar-refractivity contribution in [2.24, 2.45) is 17.8 Å². The fourth-order valence-electron chi connectivity index (χ4n) is 6.99. The molecule has 1 saturated carbocycles. The fraction of sp³-hybridized carbons (Fsp3) is 0.658. The van der Waals surface area contributed by atoms with Gasteiger partial charge < -0.3 is 25.0 Å². The molecule has 4 rings (SSSR count). The van der Waals surface area contributed by atoms with E-state index in [4.69, 9.17) is 4.74 Å². The van der Waals surface area contributed by atoms with Gasteiger partial charge in [-0.25, -0.2) is 19.8 Å². The van der Waals surface area contributed by atoms with Crippen molar-refractivity contribution in [2.45, 2.75) is 123 Å². The maximum atomic E-state index is 14.4. The number of aromatic amines is 1. The van der Waals surface area contributed by atoms with E-state index in [2.05, 4.69) is 29.1 Å². The van der Waals surface area contributed by atoms with Crippen LogP contribution >= 0.6 is 0 Å². The molecule has 1 saturated heterocycles. The van der Waals surface area contributed by atoms with E-state index < -0.39 is 42.2 Å². The summed E-state index contributed by atoms with van der Waals surface area (Å²) in [7, 11) is 1.55. The molecule has 2 fully saturated rings. The quantitative estimate of drug-likeness (QED) is 0.227. The molecule has 0 spiro atoms. The second kappa shape index (κ2) is 18.9. The smallest absolute Gasteiger partial charge is 0.429 e. The molecule has 4 amide bonds. The highest BCUT2D eigenvalue weighted by Gasteiger charge is 2.39. The van der Waals surface area contributed by atoms with Gasteiger partial charge in [-0.3, -0.25) is 14.4 Å². The average molecular weight is 695 g/mol. The van der Waals surface area contributed by atoms with Gasteiger partial charge in [0.2, 0.25) is 11.8 Å². The molecule has 1 aliphatic heterocycles. The Hall–Kier alpha value is -3.93. The van der Waals surface area contributed by atoms with Crippen molar-refractivity contribution < 1.29 is 29.0 Å². The summed E-state index contributed by atoms with van der Waals surface area (Å²) in [5, 5.41) is 17.2. The summed E-state index contributed by atoms with van der Waals surface area (Å²) in [5.74, 6) is -0.630. The van der Waals surface area contributed by atoms with Crippen molar-refractivity contribution in [2.75, 3.05) is 20.1 Å². The number of benzene rings is 1. The minimum atomic E-state index is -1.27. The zero-order valence-electron chi connectivity index (χ0n) is 30.6. The van der Waals surface area contributed by atoms with Crippen LogP contribution < -0.4 is 5.32 Å². The number of likely N-dealkylation sites (N-methyl/N-ethyl adjacent to an activating group) is 1. The first-order valence-corrected chi connectivity index (χ1v) is 18.5. The van der Waals surface area contributed by atoms with Crippen molar-refractivity contribution in [3.8, 4) is 0 Å². The van der Waals surface area contributed by atoms with E-state index in [9.17, 15) is 24.3 Å². The lowest BCUT2D eigenvalue weighted by Gasteiger charge is -2.35. The monoisotopic (exact) mass is 694 g/mol. The summed E-state index contributed by atoms with van der Waals surface area (Å²) in [6.07, 6.45) is 8.91. The van der Waals surface area contributed by atoms with Gasteiger partial charge in [-0.2, -0.15) is 0 Å². The molecule has 2 aliphatic rings. The van der Waals surface area contributed by atoms with Gasteiger partial charge >= 0.3 is 6.09 Å². The molecular formula is C38H58N6O6. The van der Waals surface area contributed by atoms with Crippen LogP contribution in [0.25, 0.3) is 0 Å². The van der Waals surface area contributed by atoms with Crippen molar-refractivity contribution in [3.05, 3.63) is 54.1 Å². The maximum Gasteiger partial charge on any atom is 0.429 e. The number of rotatable bonds is 16. The Kier molecular flexibility index (Phi) is 14.7. The van der Waals surface area contributed by atoms with E-state index in [0.29, 0.717) is 49.9 Å². The first-order valence-electron chi connectivity index (χ1n) is 18.5. The number of nitrogens with one attached hydrogen (secondary N) is 2. The number of carbonyl (C=O) groups is 4. The zero-order valence-corrected chi connectivity index (χ0v) is 30.6. The summed E-state index contributed by atoms with van der Waals surface area (Å²) < 4.78 is 5.93. The topological polar surface area (TPSA) is 148 Å². The number of imidazole rings is 1. The van der Waals surface area contributed by atoms with E-state index in [0.717, 1.165) is 37.7 Å². The first kappa shape index (κ1) is 38.9. The van der Waals surface area contributed by atoms with Crippen molar-refractivity contribution in [3.63, 3.8) is 0 Å². The molecule has 1 aromatic heterocycles. The number of H-pyrrole nitrogens is 1. The molecule has 4 atom stereocenters. The van der Waals surface area contributed by atoms with Gasteiger partial charge in [-0.05, 0) is 43.1 Å². The number of ether oxygens (including phenoxy) is 1. The predicted molar refractivity (Wildman–Crippen MR) is 190 cm³/mol. The maximum absolute atomic E-state index is 14.4. The van der Waals surface area contributed by atoms with Crippen LogP contribution in [-0.4, -0.2) is 98.2 Å². The number of hydrogen-bond donors (Lipinski definition) is 3. The molecule has 276 valence electrons. The number of aliphatic hydroxyl groups is 1. The van der Waals surface area contributed by atoms with E-state index in [-0.39, 0.29) is 24.7 Å². The number of amides is 4. The van der Waals surface area contributed by atoms with Crippen LogP contribution in [0.5, 0.6) is 0 Å². The molecule has 50 heavy (non-hydrogen) atoms. The zero-order chi connectivity index (χ0) is 36.2. The van der Waals surface area contributed by atoms with E-state index in [1.807, 2.05) is 30.3 Å². The normalized spacial score (nSPS) is 17.8. The number of aromatic nitrogens is 2. The van der Waals surface area contributed by atoms with Crippen LogP contribution in [0.3, 0.4) is 0 Å². The average Bonchev–Trinajstić information content (AvgIpc) is 3.82. The largest absolute Gasteiger partial charge is 0.434 e. The van der Waals surface area contributed by atoms with Gasteiger partial charge in [-0.15, -0.1) is 0 Å². The third-order valence-electron chi connectivity index (χ3n) is 10.0. The second-order valence-electron chi connectivity index (χ2n) is 14.8. The molecule has 1 aromatic carbocycles. The number of hydrogen-bond acceptors (Lipinski definition) is 7. The molecule has 12 heteroatoms. The Morgan fingerprint density at radius 1 is 0.980 bits per heavy atom. The minimum absolute atomic E-state index is 0.0817. The van der Waals surface area contributed by atoms with E-state index in [1.54, 1.807) is 27.1 Å². The highest BCUT2D eigenvalue weighted by atomic mass is 16.6. The number of hydrazine groups is 1. The summed E-state index contributed by atoms with van der Waals surface area (Å²) >= 11 is 0. The molecule has 0 unspecified atom stereocenters. The van der Waals surface area contributed by atoms with Crippen molar-refractivity contribution in [1.29, 1.82) is 0 Å². The number of aliphatic hydroxyl groups excluding tert-OH is 1. The van der Waals surface area contributed by atoms with Crippen LogP contribution in [0.2, 0.25) is 0 Å².